The molecule has 0 aliphatic carbocycles. The molecule has 1 aromatic rings. The van der Waals surface area contributed by atoms with Gasteiger partial charge < -0.3 is 10.5 Å². The van der Waals surface area contributed by atoms with E-state index >= 15 is 0 Å². The number of benzene rings is 1. The molecule has 1 aromatic carbocycles. The second kappa shape index (κ2) is 4.87. The number of hydrogen-bond donors (Lipinski definition) is 1. The van der Waals surface area contributed by atoms with Gasteiger partial charge in [-0.05, 0) is 5.56 Å². The lowest BCUT2D eigenvalue weighted by Crippen LogP contribution is -2.23. The maximum Gasteiger partial charge on any atom is 0.405 e. The zero-order valence-electron chi connectivity index (χ0n) is 7.51. The molecule has 0 bridgehead atoms. The summed E-state index contributed by atoms with van der Waals surface area (Å²) in [6.07, 6.45) is -1.37. The summed E-state index contributed by atoms with van der Waals surface area (Å²) in [5.74, 6) is 0. The lowest BCUT2D eigenvalue weighted by atomic mass is 10.1. The van der Waals surface area contributed by atoms with Crippen molar-refractivity contribution in [2.24, 2.45) is 5.73 Å². The largest absolute Gasteiger partial charge is 0.431 e. The normalized spacial score (nSPS) is 11.4. The van der Waals surface area contributed by atoms with E-state index in [0.717, 1.165) is 5.56 Å². The van der Waals surface area contributed by atoms with Crippen molar-refractivity contribution in [1.82, 2.24) is 0 Å². The number of carbonyl (C=O) groups is 1. The summed E-state index contributed by atoms with van der Waals surface area (Å²) in [5.41, 5.74) is 5.74. The van der Waals surface area contributed by atoms with Crippen LogP contribution in [0.5, 0.6) is 0 Å². The number of nitriles is 1. The highest BCUT2D eigenvalue weighted by atomic mass is 16.6. The highest BCUT2D eigenvalue weighted by molar-refractivity contribution is 5.65. The molecule has 4 nitrogen and oxygen atoms in total. The Labute approximate surface area is 81.9 Å². The van der Waals surface area contributed by atoms with Crippen LogP contribution in [0.15, 0.2) is 30.3 Å². The first-order valence-electron chi connectivity index (χ1n) is 4.12. The van der Waals surface area contributed by atoms with E-state index in [9.17, 15) is 4.79 Å². The molecule has 0 aromatic heterocycles. The fourth-order valence-corrected chi connectivity index (χ4v) is 1.08. The highest BCUT2D eigenvalue weighted by Crippen LogP contribution is 2.05. The van der Waals surface area contributed by atoms with E-state index in [2.05, 4.69) is 4.74 Å². The van der Waals surface area contributed by atoms with Crippen molar-refractivity contribution < 1.29 is 9.53 Å². The third-order valence-electron chi connectivity index (χ3n) is 1.67. The number of nitrogens with two attached hydrogens (primary N) is 1. The van der Waals surface area contributed by atoms with Crippen LogP contribution in [-0.4, -0.2) is 12.2 Å². The Balaban J connectivity index is 2.58. The van der Waals surface area contributed by atoms with Gasteiger partial charge in [0.25, 0.3) is 0 Å². The molecule has 2 N–H and O–H groups in total. The third-order valence-corrected chi connectivity index (χ3v) is 1.67. The molecule has 0 aliphatic heterocycles. The molecule has 0 radical (unpaired) electrons. The second-order valence-corrected chi connectivity index (χ2v) is 2.74. The molecule has 0 spiro atoms. The molecule has 0 unspecified atom stereocenters. The number of ether oxygens (including phenoxy) is 1. The molecule has 1 rings (SSSR count). The third kappa shape index (κ3) is 3.15. The van der Waals surface area contributed by atoms with Crippen molar-refractivity contribution in [2.45, 2.75) is 12.5 Å². The van der Waals surface area contributed by atoms with E-state index in [1.54, 1.807) is 0 Å². The van der Waals surface area contributed by atoms with Crippen LogP contribution >= 0.6 is 0 Å². The van der Waals surface area contributed by atoms with Gasteiger partial charge in [-0.25, -0.2) is 4.79 Å². The van der Waals surface area contributed by atoms with Crippen LogP contribution in [0.1, 0.15) is 5.56 Å². The fourth-order valence-electron chi connectivity index (χ4n) is 1.08. The van der Waals surface area contributed by atoms with Crippen molar-refractivity contribution in [3.8, 4) is 6.07 Å². The summed E-state index contributed by atoms with van der Waals surface area (Å²) in [7, 11) is 0. The lowest BCUT2D eigenvalue weighted by Gasteiger charge is -2.08. The Hall–Kier alpha value is -2.02. The molecule has 72 valence electrons. The number of rotatable bonds is 3. The van der Waals surface area contributed by atoms with Gasteiger partial charge in [-0.3, -0.25) is 0 Å². The lowest BCUT2D eigenvalue weighted by molar-refractivity contribution is 0.132. The number of carbonyl (C=O) groups excluding carboxylic acids is 1. The zero-order chi connectivity index (χ0) is 10.4. The molecule has 14 heavy (non-hydrogen) atoms. The van der Waals surface area contributed by atoms with Crippen LogP contribution in [0.3, 0.4) is 0 Å². The summed E-state index contributed by atoms with van der Waals surface area (Å²) in [4.78, 5) is 10.4. The van der Waals surface area contributed by atoms with E-state index in [4.69, 9.17) is 11.0 Å². The SMILES string of the molecule is N#C[C@H](Cc1ccccc1)OC(N)=O. The molecule has 0 aliphatic rings. The first-order valence-corrected chi connectivity index (χ1v) is 4.12. The molecule has 4 heteroatoms. The van der Waals surface area contributed by atoms with Gasteiger partial charge in [0.1, 0.15) is 6.07 Å². The highest BCUT2D eigenvalue weighted by Gasteiger charge is 2.11. The Kier molecular flexibility index (Phi) is 3.50. The quantitative estimate of drug-likeness (QED) is 0.778. The maximum absolute atomic E-state index is 10.4. The fraction of sp³-hybridized carbons (Fsp3) is 0.200. The van der Waals surface area contributed by atoms with Gasteiger partial charge in [-0.15, -0.1) is 0 Å². The average Bonchev–Trinajstić information content (AvgIpc) is 2.17. The number of hydrogen-bond acceptors (Lipinski definition) is 3. The van der Waals surface area contributed by atoms with Crippen molar-refractivity contribution in [3.63, 3.8) is 0 Å². The molecule has 0 saturated carbocycles. The Morgan fingerprint density at radius 1 is 1.50 bits per heavy atom. The van der Waals surface area contributed by atoms with Gasteiger partial charge in [0.2, 0.25) is 0 Å². The summed E-state index contributed by atoms with van der Waals surface area (Å²) in [6.45, 7) is 0. The Bertz CT molecular complexity index is 343. The molecular formula is C10H10N2O2. The average molecular weight is 190 g/mol. The molecule has 0 fully saturated rings. The predicted molar refractivity (Wildman–Crippen MR) is 50.2 cm³/mol. The number of amides is 1. The van der Waals surface area contributed by atoms with Crippen LogP contribution in [-0.2, 0) is 11.2 Å². The van der Waals surface area contributed by atoms with E-state index in [-0.39, 0.29) is 0 Å². The van der Waals surface area contributed by atoms with Gasteiger partial charge >= 0.3 is 6.09 Å². The van der Waals surface area contributed by atoms with Crippen LogP contribution in [0.4, 0.5) is 4.79 Å². The number of primary amides is 1. The smallest absolute Gasteiger partial charge is 0.405 e. The monoisotopic (exact) mass is 190 g/mol. The Morgan fingerprint density at radius 2 is 2.14 bits per heavy atom. The van der Waals surface area contributed by atoms with Gasteiger partial charge in [0.05, 0.1) is 0 Å². The molecule has 1 amide bonds. The molecular weight excluding hydrogens is 180 g/mol. The standard InChI is InChI=1S/C10H10N2O2/c11-7-9(14-10(12)13)6-8-4-2-1-3-5-8/h1-5,9H,6H2,(H2,12,13)/t9-/m0/s1. The first kappa shape index (κ1) is 10.1. The minimum absolute atomic E-state index is 0.361. The second-order valence-electron chi connectivity index (χ2n) is 2.74. The van der Waals surface area contributed by atoms with Gasteiger partial charge in [0.15, 0.2) is 6.10 Å². The van der Waals surface area contributed by atoms with E-state index < -0.39 is 12.2 Å². The van der Waals surface area contributed by atoms with Crippen molar-refractivity contribution in [2.75, 3.05) is 0 Å². The molecule has 0 saturated heterocycles. The Morgan fingerprint density at radius 3 is 2.64 bits per heavy atom. The summed E-state index contributed by atoms with van der Waals surface area (Å²) in [6, 6.07) is 11.2. The number of nitrogens with zero attached hydrogens (tertiary/aromatic N) is 1. The predicted octanol–water partition coefficient (Wildman–Crippen LogP) is 1.22. The van der Waals surface area contributed by atoms with Crippen molar-refractivity contribution >= 4 is 6.09 Å². The van der Waals surface area contributed by atoms with Gasteiger partial charge in [-0.1, -0.05) is 30.3 Å². The van der Waals surface area contributed by atoms with Gasteiger partial charge in [-0.2, -0.15) is 5.26 Å². The van der Waals surface area contributed by atoms with E-state index in [1.165, 1.54) is 0 Å². The topological polar surface area (TPSA) is 76.1 Å². The van der Waals surface area contributed by atoms with Crippen LogP contribution in [0.25, 0.3) is 0 Å². The van der Waals surface area contributed by atoms with E-state index in [1.807, 2.05) is 36.4 Å². The van der Waals surface area contributed by atoms with Crippen LogP contribution in [0, 0.1) is 11.3 Å². The zero-order valence-corrected chi connectivity index (χ0v) is 7.51. The van der Waals surface area contributed by atoms with Crippen LogP contribution in [0.2, 0.25) is 0 Å². The molecule has 0 heterocycles. The molecule has 1 atom stereocenters. The van der Waals surface area contributed by atoms with Crippen molar-refractivity contribution in [3.05, 3.63) is 35.9 Å². The van der Waals surface area contributed by atoms with Crippen molar-refractivity contribution in [1.29, 1.82) is 5.26 Å². The minimum atomic E-state index is -0.924. The van der Waals surface area contributed by atoms with E-state index in [0.29, 0.717) is 6.42 Å². The maximum atomic E-state index is 10.4. The first-order chi connectivity index (χ1) is 6.72. The summed E-state index contributed by atoms with van der Waals surface area (Å²) < 4.78 is 4.58. The minimum Gasteiger partial charge on any atom is -0.431 e. The summed E-state index contributed by atoms with van der Waals surface area (Å²) >= 11 is 0. The van der Waals surface area contributed by atoms with Gasteiger partial charge in [0, 0.05) is 6.42 Å². The van der Waals surface area contributed by atoms with Crippen LogP contribution < -0.4 is 5.73 Å². The summed E-state index contributed by atoms with van der Waals surface area (Å²) in [5, 5.41) is 8.65.